The Morgan fingerprint density at radius 1 is 0.971 bits per heavy atom. The summed E-state index contributed by atoms with van der Waals surface area (Å²) >= 11 is 0. The number of nitrogens with zero attached hydrogens (tertiary/aromatic N) is 4. The van der Waals surface area contributed by atoms with Crippen molar-refractivity contribution in [2.45, 2.75) is 6.54 Å². The molecule has 0 bridgehead atoms. The minimum absolute atomic E-state index is 0.129. The van der Waals surface area contributed by atoms with E-state index in [-0.39, 0.29) is 17.0 Å². The maximum atomic E-state index is 15.4. The number of rotatable bonds is 6. The average Bonchev–Trinajstić information content (AvgIpc) is 3.30. The lowest BCUT2D eigenvalue weighted by molar-refractivity contribution is 0.403. The fourth-order valence-corrected chi connectivity index (χ4v) is 4.28. The summed E-state index contributed by atoms with van der Waals surface area (Å²) in [5.74, 6) is 0.134. The number of halogens is 1. The fraction of sp³-hybridized carbons (Fsp3) is 0.143. The maximum Gasteiger partial charge on any atom is 0.168 e. The highest BCUT2D eigenvalue weighted by molar-refractivity contribution is 5.89. The van der Waals surface area contributed by atoms with E-state index in [9.17, 15) is 5.11 Å². The van der Waals surface area contributed by atoms with E-state index in [4.69, 9.17) is 4.74 Å². The molecule has 35 heavy (non-hydrogen) atoms. The van der Waals surface area contributed by atoms with Crippen LogP contribution >= 0.6 is 0 Å². The van der Waals surface area contributed by atoms with Crippen molar-refractivity contribution in [2.75, 3.05) is 21.2 Å². The second-order valence-corrected chi connectivity index (χ2v) is 8.59. The van der Waals surface area contributed by atoms with E-state index in [1.165, 1.54) is 6.07 Å². The van der Waals surface area contributed by atoms with Gasteiger partial charge in [0.15, 0.2) is 5.75 Å². The van der Waals surface area contributed by atoms with Crippen LogP contribution in [-0.2, 0) is 6.54 Å². The number of fused-ring (bicyclic) bond motifs is 1. The van der Waals surface area contributed by atoms with Crippen molar-refractivity contribution in [3.05, 3.63) is 90.6 Å². The number of pyridine rings is 1. The second-order valence-electron chi connectivity index (χ2n) is 8.59. The van der Waals surface area contributed by atoms with Gasteiger partial charge in [0.2, 0.25) is 0 Å². The molecule has 6 nitrogen and oxygen atoms in total. The highest BCUT2D eigenvalue weighted by Gasteiger charge is 2.19. The minimum Gasteiger partial charge on any atom is -0.504 e. The molecule has 0 aliphatic heterocycles. The molecular formula is C28H25FN4O2. The Morgan fingerprint density at radius 2 is 1.74 bits per heavy atom. The van der Waals surface area contributed by atoms with Crippen molar-refractivity contribution < 1.29 is 14.2 Å². The molecular weight excluding hydrogens is 443 g/mol. The Kier molecular flexibility index (Phi) is 5.93. The van der Waals surface area contributed by atoms with E-state index in [0.29, 0.717) is 11.0 Å². The molecule has 0 fully saturated rings. The molecule has 0 radical (unpaired) electrons. The van der Waals surface area contributed by atoms with Crippen LogP contribution in [0.3, 0.4) is 0 Å². The largest absolute Gasteiger partial charge is 0.504 e. The molecule has 1 N–H and O–H groups in total. The van der Waals surface area contributed by atoms with Gasteiger partial charge < -0.3 is 14.7 Å². The molecule has 2 aromatic heterocycles. The fourth-order valence-electron chi connectivity index (χ4n) is 4.28. The van der Waals surface area contributed by atoms with Crippen LogP contribution in [0.5, 0.6) is 11.5 Å². The quantitative estimate of drug-likeness (QED) is 0.348. The third kappa shape index (κ3) is 4.22. The van der Waals surface area contributed by atoms with Gasteiger partial charge in [0.25, 0.3) is 0 Å². The van der Waals surface area contributed by atoms with Crippen LogP contribution < -0.4 is 4.74 Å². The summed E-state index contributed by atoms with van der Waals surface area (Å²) in [5.41, 5.74) is 4.99. The topological polar surface area (TPSA) is 63.4 Å². The zero-order chi connectivity index (χ0) is 24.5. The molecule has 0 amide bonds. The lowest BCUT2D eigenvalue weighted by Crippen LogP contribution is -2.11. The van der Waals surface area contributed by atoms with Crippen LogP contribution in [0, 0.1) is 5.82 Å². The lowest BCUT2D eigenvalue weighted by Gasteiger charge is -2.15. The van der Waals surface area contributed by atoms with E-state index in [1.54, 1.807) is 30.3 Å². The van der Waals surface area contributed by atoms with E-state index in [1.807, 2.05) is 68.7 Å². The van der Waals surface area contributed by atoms with Crippen molar-refractivity contribution in [1.29, 1.82) is 0 Å². The second kappa shape index (κ2) is 9.19. The standard InChI is InChI=1S/C28H25FN4O2/c1-32(2)16-19-6-4-5-7-22(19)18-8-13-23(24(29)14-18)26-28(34)27-25(15-30-26)31-17-33(27)20-9-11-21(35-3)12-10-20/h4-15,17,34H,16H2,1-3H3. The van der Waals surface area contributed by atoms with Gasteiger partial charge in [-0.05, 0) is 67.2 Å². The van der Waals surface area contributed by atoms with Crippen LogP contribution in [0.1, 0.15) is 5.56 Å². The molecule has 0 saturated heterocycles. The third-order valence-corrected chi connectivity index (χ3v) is 5.95. The summed E-state index contributed by atoms with van der Waals surface area (Å²) in [6.45, 7) is 0.744. The monoisotopic (exact) mass is 468 g/mol. The first-order valence-corrected chi connectivity index (χ1v) is 11.2. The normalized spacial score (nSPS) is 11.3. The summed E-state index contributed by atoms with van der Waals surface area (Å²) in [7, 11) is 5.61. The smallest absolute Gasteiger partial charge is 0.168 e. The average molecular weight is 469 g/mol. The van der Waals surface area contributed by atoms with Gasteiger partial charge in [-0.2, -0.15) is 0 Å². The van der Waals surface area contributed by atoms with E-state index >= 15 is 4.39 Å². The van der Waals surface area contributed by atoms with Gasteiger partial charge in [0, 0.05) is 17.8 Å². The van der Waals surface area contributed by atoms with Crippen LogP contribution in [0.15, 0.2) is 79.3 Å². The number of imidazole rings is 1. The Bertz CT molecular complexity index is 1510. The first-order valence-electron chi connectivity index (χ1n) is 11.2. The summed E-state index contributed by atoms with van der Waals surface area (Å²) in [6, 6.07) is 20.4. The zero-order valence-corrected chi connectivity index (χ0v) is 19.7. The molecule has 7 heteroatoms. The van der Waals surface area contributed by atoms with E-state index in [0.717, 1.165) is 34.7 Å². The number of aromatic nitrogens is 3. The molecule has 0 unspecified atom stereocenters. The van der Waals surface area contributed by atoms with Crippen LogP contribution in [0.4, 0.5) is 4.39 Å². The molecule has 0 spiro atoms. The van der Waals surface area contributed by atoms with Crippen molar-refractivity contribution in [3.63, 3.8) is 0 Å². The number of aromatic hydroxyl groups is 1. The zero-order valence-electron chi connectivity index (χ0n) is 19.7. The predicted octanol–water partition coefficient (Wildman–Crippen LogP) is 5.67. The summed E-state index contributed by atoms with van der Waals surface area (Å²) in [5, 5.41) is 11.2. The summed E-state index contributed by atoms with van der Waals surface area (Å²) in [6.07, 6.45) is 3.16. The molecule has 0 saturated carbocycles. The predicted molar refractivity (Wildman–Crippen MR) is 135 cm³/mol. The molecule has 5 aromatic rings. The van der Waals surface area contributed by atoms with Gasteiger partial charge in [0.1, 0.15) is 34.6 Å². The van der Waals surface area contributed by atoms with Gasteiger partial charge in [0.05, 0.1) is 13.3 Å². The van der Waals surface area contributed by atoms with Gasteiger partial charge in [-0.3, -0.25) is 4.57 Å². The highest BCUT2D eigenvalue weighted by atomic mass is 19.1. The lowest BCUT2D eigenvalue weighted by atomic mass is 9.97. The molecule has 176 valence electrons. The molecule has 2 heterocycles. The molecule has 5 rings (SSSR count). The summed E-state index contributed by atoms with van der Waals surface area (Å²) in [4.78, 5) is 10.8. The third-order valence-electron chi connectivity index (χ3n) is 5.95. The maximum absolute atomic E-state index is 15.4. The molecule has 0 aliphatic carbocycles. The Labute approximate surface area is 202 Å². The van der Waals surface area contributed by atoms with E-state index in [2.05, 4.69) is 14.9 Å². The van der Waals surface area contributed by atoms with Crippen molar-refractivity contribution in [3.8, 4) is 39.6 Å². The number of hydrogen-bond donors (Lipinski definition) is 1. The number of hydrogen-bond acceptors (Lipinski definition) is 5. The Hall–Kier alpha value is -4.23. The highest BCUT2D eigenvalue weighted by Crippen LogP contribution is 2.37. The van der Waals surface area contributed by atoms with Gasteiger partial charge in [-0.25, -0.2) is 14.4 Å². The Balaban J connectivity index is 1.58. The molecule has 0 aliphatic rings. The van der Waals surface area contributed by atoms with Crippen molar-refractivity contribution >= 4 is 11.0 Å². The van der Waals surface area contributed by atoms with Crippen molar-refractivity contribution in [1.82, 2.24) is 19.4 Å². The number of benzene rings is 3. The van der Waals surface area contributed by atoms with Crippen LogP contribution in [0.2, 0.25) is 0 Å². The first kappa shape index (κ1) is 22.6. The van der Waals surface area contributed by atoms with Gasteiger partial charge in [-0.15, -0.1) is 0 Å². The summed E-state index contributed by atoms with van der Waals surface area (Å²) < 4.78 is 22.4. The van der Waals surface area contributed by atoms with Crippen LogP contribution in [0.25, 0.3) is 39.1 Å². The van der Waals surface area contributed by atoms with Gasteiger partial charge >= 0.3 is 0 Å². The van der Waals surface area contributed by atoms with E-state index < -0.39 is 5.82 Å². The number of methoxy groups -OCH3 is 1. The number of ether oxygens (including phenoxy) is 1. The Morgan fingerprint density at radius 3 is 2.46 bits per heavy atom. The SMILES string of the molecule is COc1ccc(-n2cnc3cnc(-c4ccc(-c5ccccc5CN(C)C)cc4F)c(O)c32)cc1. The van der Waals surface area contributed by atoms with Gasteiger partial charge in [-0.1, -0.05) is 30.3 Å². The molecule has 0 atom stereocenters. The van der Waals surface area contributed by atoms with Crippen molar-refractivity contribution in [2.24, 2.45) is 0 Å². The first-order chi connectivity index (χ1) is 17.0. The molecule has 3 aromatic carbocycles. The van der Waals surface area contributed by atoms with Crippen LogP contribution in [-0.4, -0.2) is 45.7 Å². The minimum atomic E-state index is -0.459.